The number of carbonyl (C=O) groups excluding carboxylic acids is 2. The van der Waals surface area contributed by atoms with Gasteiger partial charge in [0, 0.05) is 22.5 Å². The molecule has 0 bridgehead atoms. The van der Waals surface area contributed by atoms with Crippen LogP contribution in [-0.4, -0.2) is 20.0 Å². The Morgan fingerprint density at radius 2 is 0.673 bits per heavy atom. The third-order valence-electron chi connectivity index (χ3n) is 8.84. The number of benzene rings is 6. The van der Waals surface area contributed by atoms with Gasteiger partial charge in [-0.05, 0) is 46.5 Å². The van der Waals surface area contributed by atoms with Crippen LogP contribution in [0.2, 0.25) is 0 Å². The molecule has 0 radical (unpaired) electrons. The zero-order valence-corrected chi connectivity index (χ0v) is 27.5. The van der Waals surface area contributed by atoms with Gasteiger partial charge in [-0.2, -0.15) is 0 Å². The Bertz CT molecular complexity index is 1970. The molecule has 0 saturated carbocycles. The number of rotatable bonds is 12. The minimum absolute atomic E-state index is 0.368. The quantitative estimate of drug-likeness (QED) is 0.100. The molecule has 7 heteroatoms. The van der Waals surface area contributed by atoms with Gasteiger partial charge in [0.05, 0.1) is 11.8 Å². The molecule has 0 spiro atoms. The molecule has 0 fully saturated rings. The first-order chi connectivity index (χ1) is 23.8. The van der Waals surface area contributed by atoms with Crippen molar-refractivity contribution >= 4 is 32.8 Å². The molecule has 0 aliphatic carbocycles. The average molecular weight is 665 g/mol. The summed E-state index contributed by atoms with van der Waals surface area (Å²) in [4.78, 5) is 29.4. The van der Waals surface area contributed by atoms with Crippen molar-refractivity contribution in [1.29, 1.82) is 0 Å². The van der Waals surface area contributed by atoms with Crippen molar-refractivity contribution in [3.8, 4) is 0 Å². The van der Waals surface area contributed by atoms with Crippen LogP contribution in [0.1, 0.15) is 65.3 Å². The first-order valence-corrected chi connectivity index (χ1v) is 17.6. The minimum atomic E-state index is -4.49. The van der Waals surface area contributed by atoms with E-state index in [1.54, 1.807) is 170 Å². The monoisotopic (exact) mass is 664 g/mol. The summed E-state index contributed by atoms with van der Waals surface area (Å²) in [6.07, 6.45) is 0. The molecule has 0 aromatic heterocycles. The molecule has 6 aromatic rings. The maximum atomic E-state index is 15.9. The summed E-state index contributed by atoms with van der Waals surface area (Å²) in [5.74, 6) is -3.10. The molecule has 0 aliphatic rings. The smallest absolute Gasteiger partial charge is 0.171 e. The van der Waals surface area contributed by atoms with Crippen molar-refractivity contribution in [3.05, 3.63) is 203 Å². The van der Waals surface area contributed by atoms with Crippen molar-refractivity contribution in [1.82, 2.24) is 0 Å². The second-order valence-corrected chi connectivity index (χ2v) is 14.2. The molecule has 6 aromatic carbocycles. The Labute approximate surface area is 287 Å². The third-order valence-corrected chi connectivity index (χ3v) is 11.3. The van der Waals surface area contributed by atoms with Crippen LogP contribution in [0.3, 0.4) is 0 Å². The standard InChI is InChI=1S/C42H36N2O4S/c43-35-25-21-29(22-26-35)37(39(45)31-13-5-1-6-14-31)41(33-17-9-3-10-18-33)49(47,48)42(34-19-11-4-12-20-34)38(30-23-27-36(44)28-24-30)40(46)32-15-7-2-8-16-32/h1-28,37-38,41-42H,43-44H2. The van der Waals surface area contributed by atoms with Gasteiger partial charge in [0.25, 0.3) is 0 Å². The molecular weight excluding hydrogens is 629 g/mol. The van der Waals surface area contributed by atoms with Crippen molar-refractivity contribution in [3.63, 3.8) is 0 Å². The number of ketones is 2. The second kappa shape index (κ2) is 14.5. The summed E-state index contributed by atoms with van der Waals surface area (Å²) in [5.41, 5.74) is 15.7. The number of nitrogens with two attached hydrogens (primary N) is 2. The topological polar surface area (TPSA) is 120 Å². The van der Waals surface area contributed by atoms with E-state index in [1.807, 2.05) is 0 Å². The second-order valence-electron chi connectivity index (χ2n) is 12.0. The summed E-state index contributed by atoms with van der Waals surface area (Å²) in [6, 6.07) is 48.4. The Balaban J connectivity index is 1.65. The fourth-order valence-corrected chi connectivity index (χ4v) is 9.19. The molecule has 0 saturated heterocycles. The van der Waals surface area contributed by atoms with Crippen molar-refractivity contribution in [2.75, 3.05) is 11.5 Å². The highest BCUT2D eigenvalue weighted by Crippen LogP contribution is 2.50. The van der Waals surface area contributed by atoms with E-state index < -0.39 is 32.2 Å². The highest BCUT2D eigenvalue weighted by atomic mass is 32.2. The van der Waals surface area contributed by atoms with Gasteiger partial charge in [-0.25, -0.2) is 8.42 Å². The number of hydrogen-bond acceptors (Lipinski definition) is 6. The number of nitrogen functional groups attached to an aromatic ring is 2. The highest BCUT2D eigenvalue weighted by molar-refractivity contribution is 7.92. The summed E-state index contributed by atoms with van der Waals surface area (Å²) in [5, 5.41) is -2.79. The molecule has 4 N–H and O–H groups in total. The van der Waals surface area contributed by atoms with Crippen LogP contribution in [-0.2, 0) is 9.84 Å². The highest BCUT2D eigenvalue weighted by Gasteiger charge is 2.49. The predicted octanol–water partition coefficient (Wildman–Crippen LogP) is 8.38. The summed E-state index contributed by atoms with van der Waals surface area (Å²) < 4.78 is 31.8. The Kier molecular flexibility index (Phi) is 9.83. The van der Waals surface area contributed by atoms with Gasteiger partial charge in [-0.3, -0.25) is 9.59 Å². The van der Waals surface area contributed by atoms with Crippen molar-refractivity contribution in [2.45, 2.75) is 22.3 Å². The van der Waals surface area contributed by atoms with Crippen LogP contribution < -0.4 is 11.5 Å². The maximum Gasteiger partial charge on any atom is 0.171 e. The number of carbonyl (C=O) groups is 2. The van der Waals surface area contributed by atoms with E-state index in [0.29, 0.717) is 44.8 Å². The van der Waals surface area contributed by atoms with Crippen molar-refractivity contribution in [2.24, 2.45) is 0 Å². The first kappa shape index (κ1) is 33.1. The lowest BCUT2D eigenvalue weighted by Crippen LogP contribution is -2.35. The zero-order valence-electron chi connectivity index (χ0n) is 26.7. The molecule has 244 valence electrons. The average Bonchev–Trinajstić information content (AvgIpc) is 3.14. The third kappa shape index (κ3) is 7.08. The Morgan fingerprint density at radius 1 is 0.388 bits per heavy atom. The van der Waals surface area contributed by atoms with Gasteiger partial charge in [-0.1, -0.05) is 146 Å². The van der Waals surface area contributed by atoms with Gasteiger partial charge >= 0.3 is 0 Å². The zero-order chi connectivity index (χ0) is 34.4. The minimum Gasteiger partial charge on any atom is -0.399 e. The van der Waals surface area contributed by atoms with E-state index in [4.69, 9.17) is 11.5 Å². The Hall–Kier alpha value is -5.79. The number of sulfone groups is 1. The van der Waals surface area contributed by atoms with Crippen molar-refractivity contribution < 1.29 is 18.0 Å². The van der Waals surface area contributed by atoms with E-state index in [0.717, 1.165) is 0 Å². The van der Waals surface area contributed by atoms with Crippen LogP contribution in [0.4, 0.5) is 11.4 Å². The molecule has 6 nitrogen and oxygen atoms in total. The first-order valence-electron chi connectivity index (χ1n) is 16.0. The molecule has 0 amide bonds. The van der Waals surface area contributed by atoms with E-state index in [1.165, 1.54) is 0 Å². The molecule has 0 aliphatic heterocycles. The largest absolute Gasteiger partial charge is 0.399 e. The molecule has 4 unspecified atom stereocenters. The predicted molar refractivity (Wildman–Crippen MR) is 196 cm³/mol. The molecule has 49 heavy (non-hydrogen) atoms. The summed E-state index contributed by atoms with van der Waals surface area (Å²) >= 11 is 0. The van der Waals surface area contributed by atoms with E-state index >= 15 is 8.42 Å². The fraction of sp³-hybridized carbons (Fsp3) is 0.0952. The summed E-state index contributed by atoms with van der Waals surface area (Å²) in [6.45, 7) is 0. The van der Waals surface area contributed by atoms with Gasteiger partial charge in [0.1, 0.15) is 10.5 Å². The molecule has 6 rings (SSSR count). The lowest BCUT2D eigenvalue weighted by atomic mass is 9.84. The van der Waals surface area contributed by atoms with Crippen LogP contribution in [0.5, 0.6) is 0 Å². The normalized spacial score (nSPS) is 13.9. The molecule has 4 atom stereocenters. The maximum absolute atomic E-state index is 15.9. The Morgan fingerprint density at radius 3 is 0.980 bits per heavy atom. The van der Waals surface area contributed by atoms with Crippen LogP contribution in [0.25, 0.3) is 0 Å². The van der Waals surface area contributed by atoms with Gasteiger partial charge in [0.15, 0.2) is 21.4 Å². The van der Waals surface area contributed by atoms with Crippen LogP contribution in [0, 0.1) is 0 Å². The number of anilines is 2. The number of Topliss-reactive ketones (excluding diaryl/α,β-unsaturated/α-hetero) is 2. The van der Waals surface area contributed by atoms with Gasteiger partial charge < -0.3 is 11.5 Å². The van der Waals surface area contributed by atoms with E-state index in [2.05, 4.69) is 0 Å². The van der Waals surface area contributed by atoms with Crippen LogP contribution in [0.15, 0.2) is 170 Å². The lowest BCUT2D eigenvalue weighted by Gasteiger charge is -2.34. The lowest BCUT2D eigenvalue weighted by molar-refractivity contribution is 0.0953. The molecule has 0 heterocycles. The summed E-state index contributed by atoms with van der Waals surface area (Å²) in [7, 11) is -4.49. The fourth-order valence-electron chi connectivity index (χ4n) is 6.48. The van der Waals surface area contributed by atoms with Gasteiger partial charge in [0.2, 0.25) is 0 Å². The van der Waals surface area contributed by atoms with E-state index in [-0.39, 0.29) is 11.6 Å². The number of hydrogen-bond donors (Lipinski definition) is 2. The SMILES string of the molecule is Nc1ccc(C(C(=O)c2ccccc2)C(c2ccccc2)S(=O)(=O)C(c2ccccc2)C(C(=O)c2ccccc2)c2ccc(N)cc2)cc1. The van der Waals surface area contributed by atoms with Crippen LogP contribution >= 0.6 is 0 Å². The van der Waals surface area contributed by atoms with Gasteiger partial charge in [-0.15, -0.1) is 0 Å². The molecular formula is C42H36N2O4S. The van der Waals surface area contributed by atoms with E-state index in [9.17, 15) is 9.59 Å².